The van der Waals surface area contributed by atoms with Gasteiger partial charge in [-0.25, -0.2) is 0 Å². The lowest BCUT2D eigenvalue weighted by Crippen LogP contribution is -2.59. The number of amides is 1. The van der Waals surface area contributed by atoms with E-state index in [9.17, 15) is 4.79 Å². The molecule has 21 heavy (non-hydrogen) atoms. The van der Waals surface area contributed by atoms with Gasteiger partial charge in [-0.15, -0.1) is 0 Å². The van der Waals surface area contributed by atoms with Gasteiger partial charge in [0.1, 0.15) is 0 Å². The topological polar surface area (TPSA) is 46.3 Å². The molecule has 2 N–H and O–H groups in total. The Labute approximate surface area is 132 Å². The second-order valence-electron chi connectivity index (χ2n) is 8.61. The zero-order valence-electron chi connectivity index (χ0n) is 12.9. The van der Waals surface area contributed by atoms with E-state index in [1.54, 1.807) is 0 Å². The second-order valence-corrected chi connectivity index (χ2v) is 9.08. The minimum absolute atomic E-state index is 0.0216. The molecule has 0 radical (unpaired) electrons. The maximum absolute atomic E-state index is 13.4. The summed E-state index contributed by atoms with van der Waals surface area (Å²) in [4.78, 5) is 15.9. The van der Waals surface area contributed by atoms with E-state index < -0.39 is 0 Å². The van der Waals surface area contributed by atoms with Crippen molar-refractivity contribution in [2.75, 3.05) is 6.54 Å². The molecule has 4 aliphatic carbocycles. The summed E-state index contributed by atoms with van der Waals surface area (Å²) in [5.41, 5.74) is 6.22. The van der Waals surface area contributed by atoms with Gasteiger partial charge in [0.05, 0.1) is 16.4 Å². The third-order valence-electron chi connectivity index (χ3n) is 6.65. The fourth-order valence-electron chi connectivity index (χ4n) is 6.58. The first-order valence-corrected chi connectivity index (χ1v) is 8.92. The smallest absolute Gasteiger partial charge is 0.229 e. The second kappa shape index (κ2) is 4.43. The standard InChI is InChI=1S/C17H26N2OS/c1-16-6-11-5-12(7-16)9-17(8-11,10-16)15(20)19-4-2-3-13(19)14(18)21/h11-13H,2-10H2,1H3,(H2,18,21). The van der Waals surface area contributed by atoms with Gasteiger partial charge in [0.2, 0.25) is 5.91 Å². The fourth-order valence-corrected chi connectivity index (χ4v) is 6.83. The van der Waals surface area contributed by atoms with Gasteiger partial charge in [0.25, 0.3) is 0 Å². The van der Waals surface area contributed by atoms with E-state index in [1.165, 1.54) is 19.3 Å². The molecule has 0 spiro atoms. The van der Waals surface area contributed by atoms with Crippen molar-refractivity contribution in [1.82, 2.24) is 4.90 Å². The van der Waals surface area contributed by atoms with Gasteiger partial charge in [-0.1, -0.05) is 19.1 Å². The highest BCUT2D eigenvalue weighted by atomic mass is 32.1. The number of carbonyl (C=O) groups excluding carboxylic acids is 1. The third kappa shape index (κ3) is 2.05. The monoisotopic (exact) mass is 306 g/mol. The normalized spacial score (nSPS) is 47.9. The molecule has 4 heteroatoms. The Morgan fingerprint density at radius 3 is 2.48 bits per heavy atom. The highest BCUT2D eigenvalue weighted by Crippen LogP contribution is 2.65. The molecule has 3 nitrogen and oxygen atoms in total. The maximum atomic E-state index is 13.4. The molecule has 1 aliphatic heterocycles. The molecule has 4 bridgehead atoms. The van der Waals surface area contributed by atoms with Gasteiger partial charge in [0, 0.05) is 6.54 Å². The van der Waals surface area contributed by atoms with Crippen molar-refractivity contribution >= 4 is 23.1 Å². The van der Waals surface area contributed by atoms with E-state index in [0.717, 1.165) is 50.5 Å². The van der Waals surface area contributed by atoms with Crippen LogP contribution in [0, 0.1) is 22.7 Å². The molecule has 5 rings (SSSR count). The van der Waals surface area contributed by atoms with Gasteiger partial charge < -0.3 is 10.6 Å². The zero-order valence-corrected chi connectivity index (χ0v) is 13.8. The van der Waals surface area contributed by atoms with Crippen LogP contribution in [0.15, 0.2) is 0 Å². The van der Waals surface area contributed by atoms with E-state index in [0.29, 0.717) is 16.3 Å². The van der Waals surface area contributed by atoms with Gasteiger partial charge in [-0.05, 0) is 68.6 Å². The SMILES string of the molecule is CC12CC3CC(C1)CC(C(=O)N1CCCC1C(N)=S)(C3)C2. The number of hydrogen-bond donors (Lipinski definition) is 1. The molecule has 3 unspecified atom stereocenters. The van der Waals surface area contributed by atoms with Crippen LogP contribution in [0.5, 0.6) is 0 Å². The molecule has 0 aromatic carbocycles. The number of hydrogen-bond acceptors (Lipinski definition) is 2. The molecule has 5 aliphatic rings. The average Bonchev–Trinajstić information content (AvgIpc) is 2.83. The Hall–Kier alpha value is -0.640. The van der Waals surface area contributed by atoms with Crippen molar-refractivity contribution in [3.63, 3.8) is 0 Å². The van der Waals surface area contributed by atoms with Crippen LogP contribution in [0.2, 0.25) is 0 Å². The molecule has 3 atom stereocenters. The minimum Gasteiger partial charge on any atom is -0.392 e. The molecule has 1 saturated heterocycles. The van der Waals surface area contributed by atoms with Crippen LogP contribution in [-0.2, 0) is 4.79 Å². The summed E-state index contributed by atoms with van der Waals surface area (Å²) in [5, 5.41) is 0. The van der Waals surface area contributed by atoms with E-state index in [-0.39, 0.29) is 11.5 Å². The largest absolute Gasteiger partial charge is 0.392 e. The molecule has 1 amide bonds. The van der Waals surface area contributed by atoms with Crippen molar-refractivity contribution in [1.29, 1.82) is 0 Å². The van der Waals surface area contributed by atoms with Crippen LogP contribution in [0.4, 0.5) is 0 Å². The van der Waals surface area contributed by atoms with Crippen molar-refractivity contribution in [2.24, 2.45) is 28.4 Å². The first-order valence-electron chi connectivity index (χ1n) is 8.51. The van der Waals surface area contributed by atoms with Crippen LogP contribution in [0.25, 0.3) is 0 Å². The van der Waals surface area contributed by atoms with Gasteiger partial charge >= 0.3 is 0 Å². The highest BCUT2D eigenvalue weighted by Gasteiger charge is 2.60. The first kappa shape index (κ1) is 14.0. The molecule has 1 heterocycles. The lowest BCUT2D eigenvalue weighted by atomic mass is 9.44. The Kier molecular flexibility index (Phi) is 2.95. The van der Waals surface area contributed by atoms with E-state index in [1.807, 2.05) is 4.90 Å². The third-order valence-corrected chi connectivity index (χ3v) is 6.92. The number of nitrogens with zero attached hydrogens (tertiary/aromatic N) is 1. The van der Waals surface area contributed by atoms with Gasteiger partial charge in [-0.3, -0.25) is 4.79 Å². The molecule has 5 fully saturated rings. The van der Waals surface area contributed by atoms with E-state index in [2.05, 4.69) is 6.92 Å². The molecule has 116 valence electrons. The van der Waals surface area contributed by atoms with Crippen LogP contribution in [0.3, 0.4) is 0 Å². The number of likely N-dealkylation sites (tertiary alicyclic amines) is 1. The molecule has 0 aromatic rings. The van der Waals surface area contributed by atoms with Gasteiger partial charge in [-0.2, -0.15) is 0 Å². The van der Waals surface area contributed by atoms with Crippen molar-refractivity contribution in [3.8, 4) is 0 Å². The van der Waals surface area contributed by atoms with Crippen LogP contribution < -0.4 is 5.73 Å². The number of carbonyl (C=O) groups is 1. The number of rotatable bonds is 2. The lowest BCUT2D eigenvalue weighted by Gasteiger charge is -2.61. The predicted molar refractivity (Wildman–Crippen MR) is 86.7 cm³/mol. The van der Waals surface area contributed by atoms with Crippen molar-refractivity contribution in [2.45, 2.75) is 64.3 Å². The average molecular weight is 306 g/mol. The summed E-state index contributed by atoms with van der Waals surface area (Å²) >= 11 is 5.20. The van der Waals surface area contributed by atoms with Gasteiger partial charge in [0.15, 0.2) is 0 Å². The van der Waals surface area contributed by atoms with Crippen molar-refractivity contribution < 1.29 is 4.79 Å². The van der Waals surface area contributed by atoms with Crippen LogP contribution >= 0.6 is 12.2 Å². The Bertz CT molecular complexity index is 489. The highest BCUT2D eigenvalue weighted by molar-refractivity contribution is 7.80. The Morgan fingerprint density at radius 1 is 1.24 bits per heavy atom. The van der Waals surface area contributed by atoms with E-state index in [4.69, 9.17) is 18.0 Å². The van der Waals surface area contributed by atoms with Crippen molar-refractivity contribution in [3.05, 3.63) is 0 Å². The van der Waals surface area contributed by atoms with Crippen LogP contribution in [-0.4, -0.2) is 28.4 Å². The van der Waals surface area contributed by atoms with E-state index >= 15 is 0 Å². The Balaban J connectivity index is 1.63. The zero-order chi connectivity index (χ0) is 14.8. The minimum atomic E-state index is -0.0772. The molecule has 4 saturated carbocycles. The predicted octanol–water partition coefficient (Wildman–Crippen LogP) is 2.87. The summed E-state index contributed by atoms with van der Waals surface area (Å²) in [7, 11) is 0. The summed E-state index contributed by atoms with van der Waals surface area (Å²) in [6.07, 6.45) is 9.41. The Morgan fingerprint density at radius 2 is 1.90 bits per heavy atom. The molecular formula is C17H26N2OS. The lowest BCUT2D eigenvalue weighted by molar-refractivity contribution is -0.165. The number of thiocarbonyl (C=S) groups is 1. The number of nitrogens with two attached hydrogens (primary N) is 1. The van der Waals surface area contributed by atoms with Crippen LogP contribution in [0.1, 0.15) is 58.3 Å². The molecule has 0 aromatic heterocycles. The maximum Gasteiger partial charge on any atom is 0.229 e. The summed E-state index contributed by atoms with van der Waals surface area (Å²) < 4.78 is 0. The molecular weight excluding hydrogens is 280 g/mol. The summed E-state index contributed by atoms with van der Waals surface area (Å²) in [6.45, 7) is 3.27. The summed E-state index contributed by atoms with van der Waals surface area (Å²) in [5.74, 6) is 1.95. The first-order chi connectivity index (χ1) is 9.91. The fraction of sp³-hybridized carbons (Fsp3) is 0.882. The quantitative estimate of drug-likeness (QED) is 0.798. The summed E-state index contributed by atoms with van der Waals surface area (Å²) in [6, 6.07) is 0.0216.